The van der Waals surface area contributed by atoms with Crippen LogP contribution in [0.2, 0.25) is 5.02 Å². The Balaban J connectivity index is 1.52. The molecule has 1 aliphatic rings. The van der Waals surface area contributed by atoms with Gasteiger partial charge in [0.15, 0.2) is 0 Å². The molecule has 3 rings (SSSR count). The van der Waals surface area contributed by atoms with Gasteiger partial charge in [-0.3, -0.25) is 9.48 Å². The van der Waals surface area contributed by atoms with Gasteiger partial charge < -0.3 is 5.32 Å². The van der Waals surface area contributed by atoms with Crippen LogP contribution in [-0.2, 0) is 7.05 Å². The van der Waals surface area contributed by atoms with Gasteiger partial charge in [-0.05, 0) is 39.5 Å². The molecule has 0 aromatic carbocycles. The summed E-state index contributed by atoms with van der Waals surface area (Å²) < 4.78 is 2.70. The fourth-order valence-electron chi connectivity index (χ4n) is 2.99. The van der Waals surface area contributed by atoms with Crippen molar-refractivity contribution in [2.45, 2.75) is 55.2 Å². The van der Waals surface area contributed by atoms with Crippen molar-refractivity contribution in [1.82, 2.24) is 20.1 Å². The van der Waals surface area contributed by atoms with Gasteiger partial charge in [-0.2, -0.15) is 5.10 Å². The Morgan fingerprint density at radius 2 is 2.08 bits per heavy atom. The number of carbonyl (C=O) groups is 1. The standard InChI is InChI=1S/C16H21ClN4OS2/c1-9-8-23-16(18-9)24-12-6-4-11(5-7-12)19-15(22)14-13(17)10(2)20-21(14)3/h8,11-12H,4-7H2,1-3H3,(H,19,22). The van der Waals surface area contributed by atoms with Gasteiger partial charge in [0.2, 0.25) is 0 Å². The molecule has 1 fully saturated rings. The highest BCUT2D eigenvalue weighted by Gasteiger charge is 2.26. The first-order valence-electron chi connectivity index (χ1n) is 8.02. The zero-order valence-corrected chi connectivity index (χ0v) is 16.4. The van der Waals surface area contributed by atoms with Gasteiger partial charge >= 0.3 is 0 Å². The third-order valence-electron chi connectivity index (χ3n) is 4.24. The quantitative estimate of drug-likeness (QED) is 0.866. The molecule has 0 aliphatic heterocycles. The monoisotopic (exact) mass is 384 g/mol. The van der Waals surface area contributed by atoms with E-state index in [1.54, 1.807) is 23.1 Å². The van der Waals surface area contributed by atoms with Crippen molar-refractivity contribution >= 4 is 40.6 Å². The van der Waals surface area contributed by atoms with E-state index in [2.05, 4.69) is 20.8 Å². The molecule has 2 heterocycles. The van der Waals surface area contributed by atoms with Gasteiger partial charge in [0.25, 0.3) is 5.91 Å². The number of nitrogens with one attached hydrogen (secondary N) is 1. The van der Waals surface area contributed by atoms with Crippen LogP contribution in [0, 0.1) is 13.8 Å². The number of carbonyl (C=O) groups excluding carboxylic acids is 1. The number of nitrogens with zero attached hydrogens (tertiary/aromatic N) is 3. The molecule has 1 saturated carbocycles. The number of hydrogen-bond donors (Lipinski definition) is 1. The van der Waals surface area contributed by atoms with E-state index in [1.165, 1.54) is 0 Å². The minimum absolute atomic E-state index is 0.130. The molecule has 0 bridgehead atoms. The van der Waals surface area contributed by atoms with Gasteiger partial charge in [0, 0.05) is 29.4 Å². The lowest BCUT2D eigenvalue weighted by atomic mass is 9.95. The summed E-state index contributed by atoms with van der Waals surface area (Å²) in [6.07, 6.45) is 4.16. The van der Waals surface area contributed by atoms with Crippen LogP contribution < -0.4 is 5.32 Å². The fourth-order valence-corrected chi connectivity index (χ4v) is 5.52. The van der Waals surface area contributed by atoms with Crippen molar-refractivity contribution < 1.29 is 4.79 Å². The van der Waals surface area contributed by atoms with Crippen LogP contribution in [0.4, 0.5) is 0 Å². The van der Waals surface area contributed by atoms with Gasteiger partial charge in [0.1, 0.15) is 10.0 Å². The molecule has 0 spiro atoms. The van der Waals surface area contributed by atoms with E-state index in [0.717, 1.165) is 35.7 Å². The average Bonchev–Trinajstić information content (AvgIpc) is 3.04. The summed E-state index contributed by atoms with van der Waals surface area (Å²) in [4.78, 5) is 17.0. The summed E-state index contributed by atoms with van der Waals surface area (Å²) >= 11 is 9.77. The second kappa shape index (κ2) is 7.45. The maximum Gasteiger partial charge on any atom is 0.271 e. The highest BCUT2D eigenvalue weighted by molar-refractivity contribution is 8.01. The van der Waals surface area contributed by atoms with Gasteiger partial charge in [-0.25, -0.2) is 4.98 Å². The normalized spacial score (nSPS) is 21.0. The van der Waals surface area contributed by atoms with Crippen LogP contribution in [0.15, 0.2) is 9.72 Å². The van der Waals surface area contributed by atoms with E-state index in [-0.39, 0.29) is 11.9 Å². The van der Waals surface area contributed by atoms with Gasteiger partial charge in [-0.15, -0.1) is 11.3 Å². The molecule has 1 aliphatic carbocycles. The van der Waals surface area contributed by atoms with Gasteiger partial charge in [-0.1, -0.05) is 23.4 Å². The van der Waals surface area contributed by atoms with E-state index in [0.29, 0.717) is 21.7 Å². The number of hydrogen-bond acceptors (Lipinski definition) is 5. The minimum atomic E-state index is -0.130. The lowest BCUT2D eigenvalue weighted by molar-refractivity contribution is 0.0918. The Bertz CT molecular complexity index is 735. The summed E-state index contributed by atoms with van der Waals surface area (Å²) in [5.74, 6) is -0.130. The van der Waals surface area contributed by atoms with Crippen molar-refractivity contribution in [3.63, 3.8) is 0 Å². The molecule has 2 aromatic rings. The maximum atomic E-state index is 12.5. The molecule has 1 amide bonds. The van der Waals surface area contributed by atoms with Gasteiger partial charge in [0.05, 0.1) is 10.7 Å². The first-order valence-corrected chi connectivity index (χ1v) is 10.2. The Hall–Kier alpha value is -1.05. The van der Waals surface area contributed by atoms with Crippen molar-refractivity contribution in [2.24, 2.45) is 7.05 Å². The Labute approximate surface area is 155 Å². The lowest BCUT2D eigenvalue weighted by Gasteiger charge is -2.28. The van der Waals surface area contributed by atoms with Crippen LogP contribution in [0.25, 0.3) is 0 Å². The van der Waals surface area contributed by atoms with E-state index < -0.39 is 0 Å². The predicted octanol–water partition coefficient (Wildman–Crippen LogP) is 3.98. The highest BCUT2D eigenvalue weighted by atomic mass is 35.5. The van der Waals surface area contributed by atoms with Crippen molar-refractivity contribution in [2.75, 3.05) is 0 Å². The topological polar surface area (TPSA) is 59.8 Å². The summed E-state index contributed by atoms with van der Waals surface area (Å²) in [7, 11) is 1.75. The molecule has 0 radical (unpaired) electrons. The van der Waals surface area contributed by atoms with Crippen molar-refractivity contribution in [3.8, 4) is 0 Å². The first-order chi connectivity index (χ1) is 11.4. The van der Waals surface area contributed by atoms with Crippen LogP contribution in [-0.4, -0.2) is 32.0 Å². The second-order valence-corrected chi connectivity index (χ2v) is 8.97. The lowest BCUT2D eigenvalue weighted by Crippen LogP contribution is -2.39. The fraction of sp³-hybridized carbons (Fsp3) is 0.562. The third kappa shape index (κ3) is 3.95. The molecular formula is C16H21ClN4OS2. The Kier molecular flexibility index (Phi) is 5.52. The Morgan fingerprint density at radius 3 is 2.62 bits per heavy atom. The maximum absolute atomic E-state index is 12.5. The molecule has 5 nitrogen and oxygen atoms in total. The number of rotatable bonds is 4. The number of thioether (sulfide) groups is 1. The summed E-state index contributed by atoms with van der Waals surface area (Å²) in [6.45, 7) is 3.83. The average molecular weight is 385 g/mol. The first kappa shape index (κ1) is 17.8. The molecule has 2 aromatic heterocycles. The number of aromatic nitrogens is 3. The highest BCUT2D eigenvalue weighted by Crippen LogP contribution is 2.35. The number of thiazole rings is 1. The van der Waals surface area contributed by atoms with Crippen molar-refractivity contribution in [3.05, 3.63) is 27.5 Å². The Morgan fingerprint density at radius 1 is 1.38 bits per heavy atom. The van der Waals surface area contributed by atoms with E-state index in [1.807, 2.05) is 25.6 Å². The number of amides is 1. The second-order valence-electron chi connectivity index (χ2n) is 6.19. The largest absolute Gasteiger partial charge is 0.348 e. The van der Waals surface area contributed by atoms with E-state index >= 15 is 0 Å². The molecule has 8 heteroatoms. The summed E-state index contributed by atoms with van der Waals surface area (Å²) in [6, 6.07) is 0.207. The summed E-state index contributed by atoms with van der Waals surface area (Å²) in [5, 5.41) is 10.4. The van der Waals surface area contributed by atoms with Crippen LogP contribution in [0.1, 0.15) is 47.6 Å². The minimum Gasteiger partial charge on any atom is -0.348 e. The van der Waals surface area contributed by atoms with Crippen LogP contribution >= 0.6 is 34.7 Å². The van der Waals surface area contributed by atoms with Crippen LogP contribution in [0.5, 0.6) is 0 Å². The smallest absolute Gasteiger partial charge is 0.271 e. The van der Waals surface area contributed by atoms with E-state index in [9.17, 15) is 4.79 Å². The molecule has 1 N–H and O–H groups in total. The molecule has 0 saturated heterocycles. The van der Waals surface area contributed by atoms with Crippen molar-refractivity contribution in [1.29, 1.82) is 0 Å². The molecule has 130 valence electrons. The van der Waals surface area contributed by atoms with E-state index in [4.69, 9.17) is 11.6 Å². The zero-order valence-electron chi connectivity index (χ0n) is 14.0. The SMILES string of the molecule is Cc1csc(SC2CCC(NC(=O)c3c(Cl)c(C)nn3C)CC2)n1. The number of aryl methyl sites for hydroxylation is 3. The summed E-state index contributed by atoms with van der Waals surface area (Å²) in [5.41, 5.74) is 2.22. The third-order valence-corrected chi connectivity index (χ3v) is 7.12. The van der Waals surface area contributed by atoms with Crippen LogP contribution in [0.3, 0.4) is 0 Å². The molecular weight excluding hydrogens is 364 g/mol. The molecule has 24 heavy (non-hydrogen) atoms. The molecule has 0 atom stereocenters. The number of halogens is 1. The predicted molar refractivity (Wildman–Crippen MR) is 99.2 cm³/mol. The molecule has 0 unspecified atom stereocenters. The zero-order chi connectivity index (χ0) is 17.3.